The van der Waals surface area contributed by atoms with Crippen LogP contribution in [0.25, 0.3) is 11.0 Å². The molecular formula is C12H12O4. The number of furan rings is 1. The number of hydrogen-bond donors (Lipinski definition) is 1. The smallest absolute Gasteiger partial charge is 0.310 e. The summed E-state index contributed by atoms with van der Waals surface area (Å²) in [7, 11) is 0. The minimum atomic E-state index is -0.298. The molecule has 0 aliphatic heterocycles. The van der Waals surface area contributed by atoms with Crippen molar-refractivity contribution in [3.8, 4) is 5.75 Å². The van der Waals surface area contributed by atoms with Gasteiger partial charge in [-0.3, -0.25) is 4.79 Å². The number of aromatic hydroxyl groups is 1. The van der Waals surface area contributed by atoms with Crippen molar-refractivity contribution in [2.24, 2.45) is 0 Å². The molecule has 1 aromatic heterocycles. The molecule has 4 nitrogen and oxygen atoms in total. The van der Waals surface area contributed by atoms with Crippen LogP contribution in [-0.4, -0.2) is 17.7 Å². The lowest BCUT2D eigenvalue weighted by molar-refractivity contribution is -0.142. The van der Waals surface area contributed by atoms with E-state index in [4.69, 9.17) is 9.15 Å². The van der Waals surface area contributed by atoms with E-state index >= 15 is 0 Å². The van der Waals surface area contributed by atoms with Gasteiger partial charge in [0.2, 0.25) is 0 Å². The summed E-state index contributed by atoms with van der Waals surface area (Å²) in [6.07, 6.45) is 1.63. The van der Waals surface area contributed by atoms with Crippen molar-refractivity contribution in [3.63, 3.8) is 0 Å². The Morgan fingerprint density at radius 1 is 1.50 bits per heavy atom. The van der Waals surface area contributed by atoms with Gasteiger partial charge in [-0.25, -0.2) is 0 Å². The number of benzene rings is 1. The first-order valence-electron chi connectivity index (χ1n) is 5.06. The average Bonchev–Trinajstić information content (AvgIpc) is 2.64. The van der Waals surface area contributed by atoms with Crippen LogP contribution in [0.2, 0.25) is 0 Å². The molecule has 0 unspecified atom stereocenters. The number of rotatable bonds is 3. The molecule has 0 fully saturated rings. The first-order valence-corrected chi connectivity index (χ1v) is 5.06. The maximum Gasteiger partial charge on any atom is 0.310 e. The van der Waals surface area contributed by atoms with E-state index in [1.165, 1.54) is 6.26 Å². The summed E-state index contributed by atoms with van der Waals surface area (Å²) in [6.45, 7) is 2.12. The third-order valence-electron chi connectivity index (χ3n) is 2.30. The van der Waals surface area contributed by atoms with Crippen molar-refractivity contribution in [2.45, 2.75) is 13.3 Å². The van der Waals surface area contributed by atoms with Crippen molar-refractivity contribution in [1.29, 1.82) is 0 Å². The van der Waals surface area contributed by atoms with Crippen molar-refractivity contribution < 1.29 is 19.1 Å². The molecule has 1 heterocycles. The van der Waals surface area contributed by atoms with Gasteiger partial charge in [0.05, 0.1) is 19.3 Å². The van der Waals surface area contributed by atoms with E-state index in [1.54, 1.807) is 25.1 Å². The maximum absolute atomic E-state index is 11.3. The number of carbonyl (C=O) groups excluding carboxylic acids is 1. The molecule has 16 heavy (non-hydrogen) atoms. The second-order valence-corrected chi connectivity index (χ2v) is 3.40. The molecule has 0 saturated carbocycles. The number of phenols is 1. The summed E-state index contributed by atoms with van der Waals surface area (Å²) >= 11 is 0. The molecule has 2 rings (SSSR count). The summed E-state index contributed by atoms with van der Waals surface area (Å²) in [5.74, 6) is -0.221. The molecule has 1 aromatic carbocycles. The third kappa shape index (κ3) is 1.86. The zero-order chi connectivity index (χ0) is 11.5. The van der Waals surface area contributed by atoms with E-state index in [-0.39, 0.29) is 18.1 Å². The first kappa shape index (κ1) is 10.5. The number of ether oxygens (including phenoxy) is 1. The quantitative estimate of drug-likeness (QED) is 0.806. The molecule has 0 atom stereocenters. The van der Waals surface area contributed by atoms with Gasteiger partial charge in [0.15, 0.2) is 11.3 Å². The van der Waals surface area contributed by atoms with Crippen molar-refractivity contribution >= 4 is 16.9 Å². The van der Waals surface area contributed by atoms with Gasteiger partial charge in [0.25, 0.3) is 0 Å². The van der Waals surface area contributed by atoms with Gasteiger partial charge in [-0.15, -0.1) is 0 Å². The molecule has 4 heteroatoms. The molecule has 0 radical (unpaired) electrons. The molecule has 0 aliphatic rings. The fourth-order valence-corrected chi connectivity index (χ4v) is 1.60. The van der Waals surface area contributed by atoms with E-state index < -0.39 is 0 Å². The van der Waals surface area contributed by atoms with Gasteiger partial charge in [0.1, 0.15) is 0 Å². The van der Waals surface area contributed by atoms with E-state index in [1.807, 2.05) is 0 Å². The largest absolute Gasteiger partial charge is 0.504 e. The minimum Gasteiger partial charge on any atom is -0.504 e. The average molecular weight is 220 g/mol. The van der Waals surface area contributed by atoms with E-state index in [0.717, 1.165) is 10.9 Å². The van der Waals surface area contributed by atoms with Gasteiger partial charge in [0, 0.05) is 10.9 Å². The Kier molecular flexibility index (Phi) is 2.81. The second-order valence-electron chi connectivity index (χ2n) is 3.40. The Morgan fingerprint density at radius 2 is 2.31 bits per heavy atom. The predicted molar refractivity (Wildman–Crippen MR) is 58.2 cm³/mol. The van der Waals surface area contributed by atoms with Crippen LogP contribution < -0.4 is 0 Å². The second kappa shape index (κ2) is 4.26. The lowest BCUT2D eigenvalue weighted by Crippen LogP contribution is -2.06. The fraction of sp³-hybridized carbons (Fsp3) is 0.250. The van der Waals surface area contributed by atoms with Gasteiger partial charge in [-0.1, -0.05) is 12.1 Å². The Hall–Kier alpha value is -1.97. The summed E-state index contributed by atoms with van der Waals surface area (Å²) in [5.41, 5.74) is 1.13. The summed E-state index contributed by atoms with van der Waals surface area (Å²) in [6, 6.07) is 5.05. The Bertz CT molecular complexity index is 513. The predicted octanol–water partition coefficient (Wildman–Crippen LogP) is 2.24. The van der Waals surface area contributed by atoms with E-state index in [0.29, 0.717) is 12.2 Å². The molecule has 0 aliphatic carbocycles. The topological polar surface area (TPSA) is 59.7 Å². The van der Waals surface area contributed by atoms with Crippen LogP contribution >= 0.6 is 0 Å². The van der Waals surface area contributed by atoms with Crippen LogP contribution in [0, 0.1) is 0 Å². The number of para-hydroxylation sites is 1. The molecule has 0 spiro atoms. The SMILES string of the molecule is CCOC(=O)Cc1coc2c(O)cccc12. The van der Waals surface area contributed by atoms with Crippen LogP contribution in [0.4, 0.5) is 0 Å². The normalized spacial score (nSPS) is 10.6. The highest BCUT2D eigenvalue weighted by atomic mass is 16.5. The summed E-state index contributed by atoms with van der Waals surface area (Å²) < 4.78 is 10.1. The number of phenolic OH excluding ortho intramolecular Hbond substituents is 1. The molecule has 0 saturated heterocycles. The number of fused-ring (bicyclic) bond motifs is 1. The molecule has 84 valence electrons. The monoisotopic (exact) mass is 220 g/mol. The van der Waals surface area contributed by atoms with Crippen molar-refractivity contribution in [1.82, 2.24) is 0 Å². The highest BCUT2D eigenvalue weighted by Crippen LogP contribution is 2.28. The maximum atomic E-state index is 11.3. The Morgan fingerprint density at radius 3 is 3.06 bits per heavy atom. The van der Waals surface area contributed by atoms with Gasteiger partial charge >= 0.3 is 5.97 Å². The molecule has 1 N–H and O–H groups in total. The summed E-state index contributed by atoms with van der Waals surface area (Å²) in [5, 5.41) is 10.3. The van der Waals surface area contributed by atoms with Crippen molar-refractivity contribution in [2.75, 3.05) is 6.61 Å². The van der Waals surface area contributed by atoms with Crippen LogP contribution in [0.15, 0.2) is 28.9 Å². The van der Waals surface area contributed by atoms with Crippen LogP contribution in [0.5, 0.6) is 5.75 Å². The standard InChI is InChI=1S/C12H12O4/c1-2-15-11(14)6-8-7-16-12-9(8)4-3-5-10(12)13/h3-5,7,13H,2,6H2,1H3. The summed E-state index contributed by atoms with van der Waals surface area (Å²) in [4.78, 5) is 11.3. The van der Waals surface area contributed by atoms with Gasteiger partial charge < -0.3 is 14.3 Å². The molecular weight excluding hydrogens is 208 g/mol. The fourth-order valence-electron chi connectivity index (χ4n) is 1.60. The van der Waals surface area contributed by atoms with Crippen molar-refractivity contribution in [3.05, 3.63) is 30.0 Å². The highest BCUT2D eigenvalue weighted by Gasteiger charge is 2.12. The van der Waals surface area contributed by atoms with Gasteiger partial charge in [-0.2, -0.15) is 0 Å². The molecule has 0 amide bonds. The highest BCUT2D eigenvalue weighted by molar-refractivity contribution is 5.89. The zero-order valence-electron chi connectivity index (χ0n) is 8.90. The van der Waals surface area contributed by atoms with Gasteiger partial charge in [-0.05, 0) is 13.0 Å². The van der Waals surface area contributed by atoms with E-state index in [9.17, 15) is 9.90 Å². The Labute approximate surface area is 92.4 Å². The molecule has 2 aromatic rings. The number of hydrogen-bond acceptors (Lipinski definition) is 4. The van der Waals surface area contributed by atoms with Crippen LogP contribution in [0.3, 0.4) is 0 Å². The first-order chi connectivity index (χ1) is 7.72. The van der Waals surface area contributed by atoms with Crippen LogP contribution in [0.1, 0.15) is 12.5 Å². The third-order valence-corrected chi connectivity index (χ3v) is 2.30. The lowest BCUT2D eigenvalue weighted by atomic mass is 10.1. The lowest BCUT2D eigenvalue weighted by Gasteiger charge is -1.99. The Balaban J connectivity index is 2.32. The number of esters is 1. The van der Waals surface area contributed by atoms with Crippen LogP contribution in [-0.2, 0) is 16.0 Å². The minimum absolute atomic E-state index is 0.0765. The molecule has 0 bridgehead atoms. The number of carbonyl (C=O) groups is 1. The zero-order valence-corrected chi connectivity index (χ0v) is 8.90. The van der Waals surface area contributed by atoms with E-state index in [2.05, 4.69) is 0 Å².